The zero-order chi connectivity index (χ0) is 15.1. The number of amides is 1. The first-order valence-corrected chi connectivity index (χ1v) is 8.17. The fourth-order valence-electron chi connectivity index (χ4n) is 2.87. The first kappa shape index (κ1) is 16.0. The molecule has 0 spiro atoms. The van der Waals surface area contributed by atoms with Crippen LogP contribution in [0.3, 0.4) is 0 Å². The van der Waals surface area contributed by atoms with Crippen molar-refractivity contribution in [3.63, 3.8) is 0 Å². The summed E-state index contributed by atoms with van der Waals surface area (Å²) in [7, 11) is 0. The quantitative estimate of drug-likeness (QED) is 0.846. The van der Waals surface area contributed by atoms with Crippen LogP contribution < -0.4 is 10.6 Å². The van der Waals surface area contributed by atoms with Gasteiger partial charge in [-0.2, -0.15) is 0 Å². The first-order valence-electron chi connectivity index (χ1n) is 8.17. The van der Waals surface area contributed by atoms with Crippen LogP contribution in [0, 0.1) is 0 Å². The van der Waals surface area contributed by atoms with Crippen molar-refractivity contribution < 1.29 is 4.79 Å². The second kappa shape index (κ2) is 8.13. The molecular formula is C17H27N3O. The number of carbonyl (C=O) groups excluding carboxylic acids is 1. The topological polar surface area (TPSA) is 54.0 Å². The third-order valence-corrected chi connectivity index (χ3v) is 4.29. The molecule has 2 N–H and O–H groups in total. The fourth-order valence-corrected chi connectivity index (χ4v) is 2.87. The van der Waals surface area contributed by atoms with E-state index in [0.29, 0.717) is 12.6 Å². The van der Waals surface area contributed by atoms with Crippen molar-refractivity contribution in [2.45, 2.75) is 71.0 Å². The average molecular weight is 289 g/mol. The van der Waals surface area contributed by atoms with Gasteiger partial charge in [0.2, 0.25) is 5.91 Å². The van der Waals surface area contributed by atoms with E-state index in [9.17, 15) is 4.79 Å². The molecule has 1 unspecified atom stereocenters. The van der Waals surface area contributed by atoms with Crippen LogP contribution in [-0.4, -0.2) is 23.0 Å². The lowest BCUT2D eigenvalue weighted by molar-refractivity contribution is -0.123. The Morgan fingerprint density at radius 3 is 2.86 bits per heavy atom. The van der Waals surface area contributed by atoms with Crippen LogP contribution >= 0.6 is 0 Å². The van der Waals surface area contributed by atoms with Crippen LogP contribution in [0.15, 0.2) is 18.3 Å². The summed E-state index contributed by atoms with van der Waals surface area (Å²) in [5.74, 6) is 0.107. The highest BCUT2D eigenvalue weighted by Crippen LogP contribution is 2.17. The van der Waals surface area contributed by atoms with Crippen LogP contribution in [0.25, 0.3) is 0 Å². The highest BCUT2D eigenvalue weighted by Gasteiger charge is 2.19. The fraction of sp³-hybridized carbons (Fsp3) is 0.647. The number of hydrogen-bond acceptors (Lipinski definition) is 3. The summed E-state index contributed by atoms with van der Waals surface area (Å²) in [6.45, 7) is 4.69. The normalized spacial score (nSPS) is 17.4. The van der Waals surface area contributed by atoms with Crippen molar-refractivity contribution in [1.82, 2.24) is 15.6 Å². The van der Waals surface area contributed by atoms with Gasteiger partial charge in [-0.1, -0.05) is 32.3 Å². The van der Waals surface area contributed by atoms with Gasteiger partial charge in [0, 0.05) is 18.8 Å². The average Bonchev–Trinajstić information content (AvgIpc) is 2.53. The summed E-state index contributed by atoms with van der Waals surface area (Å²) >= 11 is 0. The SMILES string of the molecule is CCc1cccnc1CNC(C)C(=O)NC1CCCCC1. The number of nitrogens with one attached hydrogen (secondary N) is 2. The van der Waals surface area contributed by atoms with Gasteiger partial charge >= 0.3 is 0 Å². The van der Waals surface area contributed by atoms with Gasteiger partial charge in [0.05, 0.1) is 11.7 Å². The Morgan fingerprint density at radius 1 is 1.38 bits per heavy atom. The van der Waals surface area contributed by atoms with Crippen LogP contribution in [0.5, 0.6) is 0 Å². The van der Waals surface area contributed by atoms with Gasteiger partial charge in [0.1, 0.15) is 0 Å². The number of aromatic nitrogens is 1. The van der Waals surface area contributed by atoms with E-state index in [4.69, 9.17) is 0 Å². The van der Waals surface area contributed by atoms with Crippen molar-refractivity contribution in [3.05, 3.63) is 29.6 Å². The van der Waals surface area contributed by atoms with Crippen molar-refractivity contribution in [2.24, 2.45) is 0 Å². The third kappa shape index (κ3) is 4.81. The Hall–Kier alpha value is -1.42. The molecular weight excluding hydrogens is 262 g/mol. The van der Waals surface area contributed by atoms with E-state index < -0.39 is 0 Å². The second-order valence-electron chi connectivity index (χ2n) is 5.91. The van der Waals surface area contributed by atoms with Gasteiger partial charge in [-0.25, -0.2) is 0 Å². The second-order valence-corrected chi connectivity index (χ2v) is 5.91. The van der Waals surface area contributed by atoms with E-state index in [1.165, 1.54) is 24.8 Å². The van der Waals surface area contributed by atoms with Crippen molar-refractivity contribution in [1.29, 1.82) is 0 Å². The van der Waals surface area contributed by atoms with Gasteiger partial charge in [0.25, 0.3) is 0 Å². The molecule has 1 amide bonds. The summed E-state index contributed by atoms with van der Waals surface area (Å²) in [5.41, 5.74) is 2.28. The number of hydrogen-bond donors (Lipinski definition) is 2. The zero-order valence-electron chi connectivity index (χ0n) is 13.2. The van der Waals surface area contributed by atoms with Crippen molar-refractivity contribution in [2.75, 3.05) is 0 Å². The van der Waals surface area contributed by atoms with Crippen LogP contribution in [0.4, 0.5) is 0 Å². The van der Waals surface area contributed by atoms with Crippen LogP contribution in [-0.2, 0) is 17.8 Å². The zero-order valence-corrected chi connectivity index (χ0v) is 13.2. The molecule has 0 aliphatic heterocycles. The molecule has 116 valence electrons. The van der Waals surface area contributed by atoms with E-state index >= 15 is 0 Å². The molecule has 0 bridgehead atoms. The van der Waals surface area contributed by atoms with E-state index in [1.54, 1.807) is 0 Å². The Labute approximate surface area is 127 Å². The van der Waals surface area contributed by atoms with Crippen molar-refractivity contribution >= 4 is 5.91 Å². The maximum Gasteiger partial charge on any atom is 0.237 e. The first-order chi connectivity index (χ1) is 10.2. The Bertz CT molecular complexity index is 455. The maximum absolute atomic E-state index is 12.2. The Balaban J connectivity index is 1.80. The summed E-state index contributed by atoms with van der Waals surface area (Å²) in [6, 6.07) is 4.24. The summed E-state index contributed by atoms with van der Waals surface area (Å²) < 4.78 is 0. The molecule has 1 aliphatic rings. The molecule has 0 aromatic carbocycles. The Morgan fingerprint density at radius 2 is 2.14 bits per heavy atom. The number of aryl methyl sites for hydroxylation is 1. The molecule has 1 saturated carbocycles. The molecule has 4 nitrogen and oxygen atoms in total. The lowest BCUT2D eigenvalue weighted by atomic mass is 9.95. The largest absolute Gasteiger partial charge is 0.352 e. The summed E-state index contributed by atoms with van der Waals surface area (Å²) in [4.78, 5) is 16.6. The molecule has 1 aliphatic carbocycles. The van der Waals surface area contributed by atoms with Gasteiger partial charge in [-0.3, -0.25) is 9.78 Å². The highest BCUT2D eigenvalue weighted by molar-refractivity contribution is 5.81. The monoisotopic (exact) mass is 289 g/mol. The maximum atomic E-state index is 12.2. The number of rotatable bonds is 6. The Kier molecular flexibility index (Phi) is 6.18. The number of carbonyl (C=O) groups is 1. The molecule has 0 saturated heterocycles. The van der Waals surface area contributed by atoms with Gasteiger partial charge < -0.3 is 10.6 Å². The van der Waals surface area contributed by atoms with E-state index in [0.717, 1.165) is 25.0 Å². The molecule has 1 aromatic rings. The minimum Gasteiger partial charge on any atom is -0.352 e. The predicted octanol–water partition coefficient (Wildman–Crippen LogP) is 2.57. The van der Waals surface area contributed by atoms with Crippen molar-refractivity contribution in [3.8, 4) is 0 Å². The van der Waals surface area contributed by atoms with Gasteiger partial charge in [0.15, 0.2) is 0 Å². The molecule has 0 radical (unpaired) electrons. The minimum atomic E-state index is -0.182. The highest BCUT2D eigenvalue weighted by atomic mass is 16.2. The third-order valence-electron chi connectivity index (χ3n) is 4.29. The number of nitrogens with zero attached hydrogens (tertiary/aromatic N) is 1. The predicted molar refractivity (Wildman–Crippen MR) is 84.9 cm³/mol. The van der Waals surface area contributed by atoms with E-state index in [1.807, 2.05) is 19.2 Å². The molecule has 1 aromatic heterocycles. The van der Waals surface area contributed by atoms with Gasteiger partial charge in [-0.15, -0.1) is 0 Å². The standard InChI is InChI=1S/C17H27N3O/c1-3-14-8-7-11-18-16(14)12-19-13(2)17(21)20-15-9-5-4-6-10-15/h7-8,11,13,15,19H,3-6,9-10,12H2,1-2H3,(H,20,21). The number of pyridine rings is 1. The molecule has 4 heteroatoms. The van der Waals surface area contributed by atoms with E-state index in [-0.39, 0.29) is 11.9 Å². The lowest BCUT2D eigenvalue weighted by Gasteiger charge is -2.24. The van der Waals surface area contributed by atoms with E-state index in [2.05, 4.69) is 28.6 Å². The molecule has 1 fully saturated rings. The molecule has 1 heterocycles. The molecule has 1 atom stereocenters. The summed E-state index contributed by atoms with van der Waals surface area (Å²) in [5, 5.41) is 6.45. The van der Waals surface area contributed by atoms with Crippen LogP contribution in [0.1, 0.15) is 57.2 Å². The summed E-state index contributed by atoms with van der Waals surface area (Å²) in [6.07, 6.45) is 8.80. The minimum absolute atomic E-state index is 0.107. The lowest BCUT2D eigenvalue weighted by Crippen LogP contribution is -2.46. The smallest absolute Gasteiger partial charge is 0.237 e. The van der Waals surface area contributed by atoms with Crippen LogP contribution in [0.2, 0.25) is 0 Å². The molecule has 21 heavy (non-hydrogen) atoms. The molecule has 2 rings (SSSR count). The van der Waals surface area contributed by atoms with Gasteiger partial charge in [-0.05, 0) is 37.8 Å².